The largest absolute Gasteiger partial charge is 0.355 e. The van der Waals surface area contributed by atoms with Gasteiger partial charge in [0.05, 0.1) is 22.4 Å². The Balaban J connectivity index is 1.40. The van der Waals surface area contributed by atoms with Crippen molar-refractivity contribution in [1.29, 1.82) is 0 Å². The molecule has 154 valence electrons. The first-order chi connectivity index (χ1) is 14.5. The van der Waals surface area contributed by atoms with Crippen LogP contribution in [0.25, 0.3) is 21.7 Å². The van der Waals surface area contributed by atoms with Crippen LogP contribution in [0.4, 0.5) is 0 Å². The summed E-state index contributed by atoms with van der Waals surface area (Å²) in [6.45, 7) is 5.21. The molecule has 0 aliphatic carbocycles. The number of hydrogen-bond donors (Lipinski definition) is 0. The summed E-state index contributed by atoms with van der Waals surface area (Å²) >= 11 is 1.31. The van der Waals surface area contributed by atoms with Crippen LogP contribution in [0.5, 0.6) is 0 Å². The van der Waals surface area contributed by atoms with Crippen molar-refractivity contribution in [2.45, 2.75) is 32.6 Å². The van der Waals surface area contributed by atoms with Crippen molar-refractivity contribution < 1.29 is 9.32 Å². The summed E-state index contributed by atoms with van der Waals surface area (Å²) in [6, 6.07) is 7.65. The van der Waals surface area contributed by atoms with Crippen LogP contribution < -0.4 is 0 Å². The number of likely N-dealkylation sites (tertiary alicyclic amines) is 1. The summed E-state index contributed by atoms with van der Waals surface area (Å²) < 4.78 is 11.6. The number of carbonyl (C=O) groups excluding carboxylic acids is 1. The lowest BCUT2D eigenvalue weighted by Gasteiger charge is -2.32. The fraction of sp³-hybridized carbons (Fsp3) is 0.381. The van der Waals surface area contributed by atoms with E-state index >= 15 is 0 Å². The lowest BCUT2D eigenvalue weighted by molar-refractivity contribution is 0.0706. The van der Waals surface area contributed by atoms with Crippen molar-refractivity contribution in [3.63, 3.8) is 0 Å². The number of rotatable bonds is 3. The van der Waals surface area contributed by atoms with Crippen molar-refractivity contribution in [1.82, 2.24) is 29.2 Å². The van der Waals surface area contributed by atoms with E-state index in [-0.39, 0.29) is 11.8 Å². The molecule has 1 aliphatic rings. The van der Waals surface area contributed by atoms with Gasteiger partial charge in [-0.3, -0.25) is 4.79 Å². The number of hydrogen-bond acceptors (Lipinski definition) is 7. The van der Waals surface area contributed by atoms with E-state index < -0.39 is 0 Å². The predicted octanol–water partition coefficient (Wildman–Crippen LogP) is 3.72. The maximum atomic E-state index is 13.2. The number of benzene rings is 1. The third-order valence-corrected chi connectivity index (χ3v) is 6.57. The first kappa shape index (κ1) is 18.9. The van der Waals surface area contributed by atoms with Crippen LogP contribution in [-0.2, 0) is 7.05 Å². The molecule has 1 atom stereocenters. The van der Waals surface area contributed by atoms with Crippen molar-refractivity contribution >= 4 is 28.5 Å². The summed E-state index contributed by atoms with van der Waals surface area (Å²) in [5.74, 6) is 1.78. The zero-order valence-corrected chi connectivity index (χ0v) is 17.9. The lowest BCUT2D eigenvalue weighted by atomic mass is 9.93. The van der Waals surface area contributed by atoms with Gasteiger partial charge in [0.25, 0.3) is 5.91 Å². The zero-order chi connectivity index (χ0) is 20.8. The molecule has 1 unspecified atom stereocenters. The monoisotopic (exact) mass is 422 g/mol. The van der Waals surface area contributed by atoms with Crippen LogP contribution >= 0.6 is 11.5 Å². The van der Waals surface area contributed by atoms with Crippen LogP contribution in [-0.4, -0.2) is 48.2 Å². The van der Waals surface area contributed by atoms with Gasteiger partial charge in [-0.05, 0) is 56.4 Å². The van der Waals surface area contributed by atoms with Gasteiger partial charge in [-0.25, -0.2) is 4.98 Å². The second-order valence-corrected chi connectivity index (χ2v) is 8.59. The molecule has 1 aromatic carbocycles. The normalized spacial score (nSPS) is 17.0. The molecule has 1 amide bonds. The average molecular weight is 423 g/mol. The molecule has 0 bridgehead atoms. The Morgan fingerprint density at radius 2 is 2.13 bits per heavy atom. The molecule has 1 fully saturated rings. The number of imidazole rings is 1. The van der Waals surface area contributed by atoms with Gasteiger partial charge >= 0.3 is 0 Å². The molecule has 0 spiro atoms. The first-order valence-electron chi connectivity index (χ1n) is 9.99. The minimum Gasteiger partial charge on any atom is -0.355 e. The molecule has 0 N–H and O–H groups in total. The molecule has 30 heavy (non-hydrogen) atoms. The number of aromatic nitrogens is 5. The van der Waals surface area contributed by atoms with E-state index in [0.29, 0.717) is 17.9 Å². The Labute approximate surface area is 177 Å². The molecule has 1 saturated heterocycles. The van der Waals surface area contributed by atoms with Gasteiger partial charge < -0.3 is 14.0 Å². The standard InChI is InChI=1S/C21H22N6O2S/c1-12-9-18(29-24-12)20-19(23-25-30-20)15-5-4-8-27(11-15)21(28)14-6-7-17-16(10-14)22-13(2)26(17)3/h6-7,9-10,15H,4-5,8,11H2,1-3H3. The maximum Gasteiger partial charge on any atom is 0.253 e. The highest BCUT2D eigenvalue weighted by Crippen LogP contribution is 2.36. The summed E-state index contributed by atoms with van der Waals surface area (Å²) in [5.41, 5.74) is 4.26. The Morgan fingerprint density at radius 1 is 1.27 bits per heavy atom. The molecule has 9 heteroatoms. The summed E-state index contributed by atoms with van der Waals surface area (Å²) in [4.78, 5) is 20.6. The zero-order valence-electron chi connectivity index (χ0n) is 17.1. The maximum absolute atomic E-state index is 13.2. The van der Waals surface area contributed by atoms with Crippen LogP contribution in [0.1, 0.15) is 46.3 Å². The van der Waals surface area contributed by atoms with E-state index in [4.69, 9.17) is 4.52 Å². The van der Waals surface area contributed by atoms with E-state index in [1.165, 1.54) is 11.5 Å². The SMILES string of the molecule is Cc1cc(-c2snnc2C2CCCN(C(=O)c3ccc4c(c3)nc(C)n4C)C2)on1. The van der Waals surface area contributed by atoms with Gasteiger partial charge in [0.2, 0.25) is 0 Å². The van der Waals surface area contributed by atoms with Gasteiger partial charge in [0.1, 0.15) is 10.7 Å². The molecule has 1 aliphatic heterocycles. The fourth-order valence-corrected chi connectivity index (χ4v) is 4.82. The molecule has 4 aromatic rings. The Morgan fingerprint density at radius 3 is 2.93 bits per heavy atom. The Bertz CT molecular complexity index is 1240. The molecule has 0 saturated carbocycles. The molecule has 4 heterocycles. The molecule has 8 nitrogen and oxygen atoms in total. The van der Waals surface area contributed by atoms with Gasteiger partial charge in [-0.2, -0.15) is 0 Å². The van der Waals surface area contributed by atoms with Gasteiger partial charge in [-0.15, -0.1) is 5.10 Å². The fourth-order valence-electron chi connectivity index (χ4n) is 4.13. The molecular weight excluding hydrogens is 400 g/mol. The second kappa shape index (κ2) is 7.32. The van der Waals surface area contributed by atoms with Crippen LogP contribution in [0, 0.1) is 13.8 Å². The third kappa shape index (κ3) is 3.19. The van der Waals surface area contributed by atoms with Gasteiger partial charge in [0, 0.05) is 37.7 Å². The highest BCUT2D eigenvalue weighted by Gasteiger charge is 2.30. The molecule has 3 aromatic heterocycles. The van der Waals surface area contributed by atoms with Crippen molar-refractivity contribution in [3.05, 3.63) is 47.0 Å². The Hall–Kier alpha value is -3.07. The first-order valence-corrected chi connectivity index (χ1v) is 10.8. The van der Waals surface area contributed by atoms with E-state index in [1.54, 1.807) is 0 Å². The number of piperidine rings is 1. The lowest BCUT2D eigenvalue weighted by Crippen LogP contribution is -2.39. The number of fused-ring (bicyclic) bond motifs is 1. The van der Waals surface area contributed by atoms with Crippen molar-refractivity contribution in [2.24, 2.45) is 7.05 Å². The molecular formula is C21H22N6O2S. The topological polar surface area (TPSA) is 89.9 Å². The van der Waals surface area contributed by atoms with E-state index in [0.717, 1.165) is 52.5 Å². The smallest absolute Gasteiger partial charge is 0.253 e. The van der Waals surface area contributed by atoms with Crippen LogP contribution in [0.2, 0.25) is 0 Å². The predicted molar refractivity (Wildman–Crippen MR) is 113 cm³/mol. The summed E-state index contributed by atoms with van der Waals surface area (Å²) in [6.07, 6.45) is 1.89. The molecule has 5 rings (SSSR count). The summed E-state index contributed by atoms with van der Waals surface area (Å²) in [7, 11) is 1.98. The van der Waals surface area contributed by atoms with E-state index in [1.807, 2.05) is 54.6 Å². The van der Waals surface area contributed by atoms with Crippen molar-refractivity contribution in [3.8, 4) is 10.6 Å². The highest BCUT2D eigenvalue weighted by atomic mass is 32.1. The van der Waals surface area contributed by atoms with E-state index in [9.17, 15) is 4.79 Å². The van der Waals surface area contributed by atoms with Gasteiger partial charge in [0.15, 0.2) is 5.76 Å². The quantitative estimate of drug-likeness (QED) is 0.500. The van der Waals surface area contributed by atoms with Crippen molar-refractivity contribution in [2.75, 3.05) is 13.1 Å². The van der Waals surface area contributed by atoms with Crippen LogP contribution in [0.15, 0.2) is 28.8 Å². The minimum absolute atomic E-state index is 0.0326. The number of aryl methyl sites for hydroxylation is 3. The van der Waals surface area contributed by atoms with Crippen LogP contribution in [0.3, 0.4) is 0 Å². The van der Waals surface area contributed by atoms with Gasteiger partial charge in [-0.1, -0.05) is 9.64 Å². The number of nitrogens with zero attached hydrogens (tertiary/aromatic N) is 6. The van der Waals surface area contributed by atoms with E-state index in [2.05, 4.69) is 19.7 Å². The number of amides is 1. The minimum atomic E-state index is 0.0326. The number of carbonyl (C=O) groups is 1. The summed E-state index contributed by atoms with van der Waals surface area (Å²) in [5, 5.41) is 8.35. The average Bonchev–Trinajstić information content (AvgIpc) is 3.47. The Kier molecular flexibility index (Phi) is 4.62. The second-order valence-electron chi connectivity index (χ2n) is 7.83. The third-order valence-electron chi connectivity index (χ3n) is 5.81. The molecule has 0 radical (unpaired) electrons. The highest BCUT2D eigenvalue weighted by molar-refractivity contribution is 7.09.